The molecule has 1 atom stereocenters. The monoisotopic (exact) mass is 416 g/mol. The Morgan fingerprint density at radius 1 is 1.25 bits per heavy atom. The van der Waals surface area contributed by atoms with Gasteiger partial charge in [0, 0.05) is 19.5 Å². The molecule has 0 aliphatic heterocycles. The number of benzene rings is 1. The molecule has 2 rings (SSSR count). The fourth-order valence-corrected chi connectivity index (χ4v) is 2.48. The molecule has 0 unspecified atom stereocenters. The number of ether oxygens (including phenoxy) is 2. The van der Waals surface area contributed by atoms with Crippen LogP contribution in [0.25, 0.3) is 0 Å². The summed E-state index contributed by atoms with van der Waals surface area (Å²) < 4.78 is 48.0. The van der Waals surface area contributed by atoms with E-state index in [0.29, 0.717) is 11.8 Å². The molecular formula is C18H16ClF3N2O4. The SMILES string of the molecule is COC(=O)[C@@H](Cc1ccc(Oc2ncc(C(F)(F)F)cc2Cl)cc1)NC(C)=O. The van der Waals surface area contributed by atoms with E-state index >= 15 is 0 Å². The fourth-order valence-electron chi connectivity index (χ4n) is 2.28. The highest BCUT2D eigenvalue weighted by atomic mass is 35.5. The van der Waals surface area contributed by atoms with E-state index in [4.69, 9.17) is 16.3 Å². The first-order chi connectivity index (χ1) is 13.1. The summed E-state index contributed by atoms with van der Waals surface area (Å²) in [5, 5.41) is 2.21. The van der Waals surface area contributed by atoms with Crippen molar-refractivity contribution in [2.24, 2.45) is 0 Å². The van der Waals surface area contributed by atoms with E-state index in [2.05, 4.69) is 15.0 Å². The minimum Gasteiger partial charge on any atom is -0.467 e. The fraction of sp³-hybridized carbons (Fsp3) is 0.278. The predicted octanol–water partition coefficient (Wildman–Crippen LogP) is 3.77. The summed E-state index contributed by atoms with van der Waals surface area (Å²) in [4.78, 5) is 26.5. The maximum absolute atomic E-state index is 12.6. The van der Waals surface area contributed by atoms with Gasteiger partial charge in [-0.2, -0.15) is 13.2 Å². The van der Waals surface area contributed by atoms with Crippen LogP contribution in [0, 0.1) is 0 Å². The lowest BCUT2D eigenvalue weighted by Gasteiger charge is -2.15. The van der Waals surface area contributed by atoms with E-state index in [1.54, 1.807) is 12.1 Å². The number of alkyl halides is 3. The standard InChI is InChI=1S/C18H16ClF3N2O4/c1-10(25)24-15(17(26)27-2)7-11-3-5-13(6-4-11)28-16-14(19)8-12(9-23-16)18(20,21)22/h3-6,8-9,15H,7H2,1-2H3,(H,24,25)/t15-/m1/s1. The maximum atomic E-state index is 12.6. The number of carbonyl (C=O) groups excluding carboxylic acids is 2. The van der Waals surface area contributed by atoms with Crippen molar-refractivity contribution < 1.29 is 32.2 Å². The number of esters is 1. The van der Waals surface area contributed by atoms with E-state index in [9.17, 15) is 22.8 Å². The Bertz CT molecular complexity index is 857. The topological polar surface area (TPSA) is 77.5 Å². The summed E-state index contributed by atoms with van der Waals surface area (Å²) in [6, 6.07) is 6.21. The number of amides is 1. The summed E-state index contributed by atoms with van der Waals surface area (Å²) in [5.74, 6) is -0.852. The molecule has 2 aromatic rings. The number of carbonyl (C=O) groups is 2. The first kappa shape index (κ1) is 21.5. The quantitative estimate of drug-likeness (QED) is 0.725. The average molecular weight is 417 g/mol. The molecule has 0 spiro atoms. The zero-order valence-electron chi connectivity index (χ0n) is 14.8. The van der Waals surface area contributed by atoms with Crippen LogP contribution in [0.2, 0.25) is 5.02 Å². The highest BCUT2D eigenvalue weighted by Gasteiger charge is 2.31. The van der Waals surface area contributed by atoms with E-state index in [1.165, 1.54) is 26.2 Å². The van der Waals surface area contributed by atoms with Gasteiger partial charge in [-0.05, 0) is 23.8 Å². The van der Waals surface area contributed by atoms with Crippen LogP contribution in [0.15, 0.2) is 36.5 Å². The lowest BCUT2D eigenvalue weighted by atomic mass is 10.1. The van der Waals surface area contributed by atoms with Crippen LogP contribution in [-0.4, -0.2) is 30.0 Å². The van der Waals surface area contributed by atoms with Gasteiger partial charge in [-0.3, -0.25) is 4.79 Å². The molecule has 1 heterocycles. The van der Waals surface area contributed by atoms with Crippen molar-refractivity contribution >= 4 is 23.5 Å². The van der Waals surface area contributed by atoms with Crippen molar-refractivity contribution in [2.45, 2.75) is 25.6 Å². The summed E-state index contributed by atoms with van der Waals surface area (Å²) in [5.41, 5.74) is -0.282. The van der Waals surface area contributed by atoms with Gasteiger partial charge in [0.1, 0.15) is 16.8 Å². The average Bonchev–Trinajstić information content (AvgIpc) is 2.62. The minimum atomic E-state index is -4.55. The normalized spacial score (nSPS) is 12.2. The number of pyridine rings is 1. The van der Waals surface area contributed by atoms with E-state index in [1.807, 2.05) is 0 Å². The van der Waals surface area contributed by atoms with Crippen molar-refractivity contribution in [1.29, 1.82) is 0 Å². The van der Waals surface area contributed by atoms with Gasteiger partial charge in [-0.25, -0.2) is 9.78 Å². The lowest BCUT2D eigenvalue weighted by molar-refractivity contribution is -0.144. The van der Waals surface area contributed by atoms with Crippen LogP contribution in [-0.2, 0) is 26.9 Å². The van der Waals surface area contributed by atoms with Crippen molar-refractivity contribution in [1.82, 2.24) is 10.3 Å². The van der Waals surface area contributed by atoms with Crippen LogP contribution in [0.3, 0.4) is 0 Å². The van der Waals surface area contributed by atoms with Crippen LogP contribution in [0.1, 0.15) is 18.1 Å². The third kappa shape index (κ3) is 5.85. The largest absolute Gasteiger partial charge is 0.467 e. The molecule has 1 amide bonds. The molecule has 0 radical (unpaired) electrons. The van der Waals surface area contributed by atoms with Gasteiger partial charge in [-0.1, -0.05) is 23.7 Å². The highest BCUT2D eigenvalue weighted by molar-refractivity contribution is 6.31. The Morgan fingerprint density at radius 3 is 2.39 bits per heavy atom. The van der Waals surface area contributed by atoms with Gasteiger partial charge in [0.15, 0.2) is 0 Å². The highest BCUT2D eigenvalue weighted by Crippen LogP contribution is 2.34. The Hall–Kier alpha value is -2.81. The van der Waals surface area contributed by atoms with Crippen LogP contribution < -0.4 is 10.1 Å². The number of nitrogens with zero attached hydrogens (tertiary/aromatic N) is 1. The molecule has 0 saturated heterocycles. The van der Waals surface area contributed by atoms with Crippen LogP contribution in [0.5, 0.6) is 11.6 Å². The molecule has 0 aliphatic rings. The molecule has 0 bridgehead atoms. The molecular weight excluding hydrogens is 401 g/mol. The molecule has 10 heteroatoms. The Labute approximate surface area is 163 Å². The van der Waals surface area contributed by atoms with Crippen molar-refractivity contribution in [3.63, 3.8) is 0 Å². The second kappa shape index (κ2) is 8.92. The number of nitrogens with one attached hydrogen (secondary N) is 1. The number of rotatable bonds is 6. The summed E-state index contributed by atoms with van der Waals surface area (Å²) in [6.07, 6.45) is -3.74. The number of aromatic nitrogens is 1. The molecule has 150 valence electrons. The predicted molar refractivity (Wildman–Crippen MR) is 94.1 cm³/mol. The third-order valence-corrected chi connectivity index (χ3v) is 3.85. The number of hydrogen-bond acceptors (Lipinski definition) is 5. The molecule has 0 fully saturated rings. The minimum absolute atomic E-state index is 0.173. The van der Waals surface area contributed by atoms with Crippen LogP contribution >= 0.6 is 11.6 Å². The van der Waals surface area contributed by atoms with E-state index in [0.717, 1.165) is 6.07 Å². The van der Waals surface area contributed by atoms with Crippen LogP contribution in [0.4, 0.5) is 13.2 Å². The van der Waals surface area contributed by atoms with E-state index < -0.39 is 23.8 Å². The van der Waals surface area contributed by atoms with Gasteiger partial charge >= 0.3 is 12.1 Å². The first-order valence-corrected chi connectivity index (χ1v) is 8.32. The van der Waals surface area contributed by atoms with Gasteiger partial charge in [-0.15, -0.1) is 0 Å². The van der Waals surface area contributed by atoms with Crippen molar-refractivity contribution in [3.05, 3.63) is 52.7 Å². The second-order valence-corrected chi connectivity index (χ2v) is 6.14. The van der Waals surface area contributed by atoms with E-state index in [-0.39, 0.29) is 29.0 Å². The Morgan fingerprint density at radius 2 is 1.89 bits per heavy atom. The van der Waals surface area contributed by atoms with Crippen molar-refractivity contribution in [2.75, 3.05) is 7.11 Å². The Balaban J connectivity index is 2.10. The molecule has 0 saturated carbocycles. The molecule has 28 heavy (non-hydrogen) atoms. The van der Waals surface area contributed by atoms with Crippen molar-refractivity contribution in [3.8, 4) is 11.6 Å². The van der Waals surface area contributed by atoms with Gasteiger partial charge in [0.2, 0.25) is 11.8 Å². The lowest BCUT2D eigenvalue weighted by Crippen LogP contribution is -2.41. The maximum Gasteiger partial charge on any atom is 0.417 e. The molecule has 1 aromatic carbocycles. The van der Waals surface area contributed by atoms with Gasteiger partial charge in [0.05, 0.1) is 12.7 Å². The second-order valence-electron chi connectivity index (χ2n) is 5.74. The molecule has 1 N–H and O–H groups in total. The number of halogens is 4. The summed E-state index contributed by atoms with van der Waals surface area (Å²) >= 11 is 5.81. The zero-order chi connectivity index (χ0) is 20.9. The number of methoxy groups -OCH3 is 1. The van der Waals surface area contributed by atoms with Gasteiger partial charge in [0.25, 0.3) is 0 Å². The smallest absolute Gasteiger partial charge is 0.417 e. The number of hydrogen-bond donors (Lipinski definition) is 1. The summed E-state index contributed by atoms with van der Waals surface area (Å²) in [6.45, 7) is 1.29. The Kier molecular flexibility index (Phi) is 6.85. The zero-order valence-corrected chi connectivity index (χ0v) is 15.6. The molecule has 0 aliphatic carbocycles. The third-order valence-electron chi connectivity index (χ3n) is 3.58. The molecule has 6 nitrogen and oxygen atoms in total. The van der Waals surface area contributed by atoms with Gasteiger partial charge < -0.3 is 14.8 Å². The molecule has 1 aromatic heterocycles. The first-order valence-electron chi connectivity index (χ1n) is 7.94. The summed E-state index contributed by atoms with van der Waals surface area (Å²) in [7, 11) is 1.22.